The molecule has 1 unspecified atom stereocenters. The maximum absolute atomic E-state index is 6.34. The molecule has 2 saturated carbocycles. The van der Waals surface area contributed by atoms with Crippen molar-refractivity contribution in [1.29, 1.82) is 0 Å². The summed E-state index contributed by atoms with van der Waals surface area (Å²) in [5.74, 6) is 0.829. The zero-order valence-corrected chi connectivity index (χ0v) is 12.1. The molecule has 0 aromatic carbocycles. The minimum Gasteiger partial charge on any atom is -0.370 e. The molecular formula is C16H29NO. The molecule has 0 aromatic rings. The van der Waals surface area contributed by atoms with Crippen LogP contribution in [0.1, 0.15) is 65.2 Å². The topological polar surface area (TPSA) is 21.3 Å². The van der Waals surface area contributed by atoms with E-state index in [1.165, 1.54) is 57.9 Å². The zero-order chi connectivity index (χ0) is 12.6. The van der Waals surface area contributed by atoms with Crippen LogP contribution in [0.5, 0.6) is 0 Å². The molecule has 3 rings (SSSR count). The lowest BCUT2D eigenvalue weighted by Crippen LogP contribution is -2.35. The molecule has 1 aliphatic heterocycles. The van der Waals surface area contributed by atoms with E-state index >= 15 is 0 Å². The maximum atomic E-state index is 6.34. The number of hydrogen-bond acceptors (Lipinski definition) is 2. The summed E-state index contributed by atoms with van der Waals surface area (Å²) in [7, 11) is 0. The van der Waals surface area contributed by atoms with E-state index in [4.69, 9.17) is 4.74 Å². The Kier molecular flexibility index (Phi) is 3.44. The highest BCUT2D eigenvalue weighted by Gasteiger charge is 2.45. The van der Waals surface area contributed by atoms with Crippen LogP contribution in [0.25, 0.3) is 0 Å². The van der Waals surface area contributed by atoms with Gasteiger partial charge in [-0.05, 0) is 49.9 Å². The Hall–Kier alpha value is -0.0800. The number of nitrogens with one attached hydrogen (secondary N) is 1. The quantitative estimate of drug-likeness (QED) is 0.807. The van der Waals surface area contributed by atoms with Gasteiger partial charge in [-0.15, -0.1) is 0 Å². The highest BCUT2D eigenvalue weighted by molar-refractivity contribution is 4.98. The van der Waals surface area contributed by atoms with Crippen LogP contribution in [0.15, 0.2) is 0 Å². The molecular weight excluding hydrogens is 222 g/mol. The van der Waals surface area contributed by atoms with Crippen molar-refractivity contribution in [2.45, 2.75) is 76.9 Å². The third-order valence-corrected chi connectivity index (χ3v) is 5.82. The van der Waals surface area contributed by atoms with Gasteiger partial charge in [0.1, 0.15) is 0 Å². The molecule has 2 aliphatic carbocycles. The van der Waals surface area contributed by atoms with Crippen molar-refractivity contribution in [3.8, 4) is 0 Å². The second-order valence-electron chi connectivity index (χ2n) is 7.32. The van der Waals surface area contributed by atoms with Gasteiger partial charge in [-0.2, -0.15) is 0 Å². The van der Waals surface area contributed by atoms with Gasteiger partial charge in [-0.1, -0.05) is 26.7 Å². The molecule has 3 fully saturated rings. The Morgan fingerprint density at radius 1 is 1.11 bits per heavy atom. The lowest BCUT2D eigenvalue weighted by Gasteiger charge is -2.25. The van der Waals surface area contributed by atoms with Crippen LogP contribution in [0.2, 0.25) is 0 Å². The number of hydrogen-bond donors (Lipinski definition) is 1. The average Bonchev–Trinajstić information content (AvgIpc) is 2.83. The normalized spacial score (nSPS) is 32.5. The SMILES string of the molecule is CC(C)C1(CNCC2CCC3(CCCC3)O2)CC1. The Morgan fingerprint density at radius 2 is 1.83 bits per heavy atom. The average molecular weight is 251 g/mol. The molecule has 0 radical (unpaired) electrons. The summed E-state index contributed by atoms with van der Waals surface area (Å²) >= 11 is 0. The van der Waals surface area contributed by atoms with Gasteiger partial charge in [-0.3, -0.25) is 0 Å². The van der Waals surface area contributed by atoms with Gasteiger partial charge >= 0.3 is 0 Å². The summed E-state index contributed by atoms with van der Waals surface area (Å²) in [6, 6.07) is 0. The lowest BCUT2D eigenvalue weighted by atomic mass is 9.92. The summed E-state index contributed by atoms with van der Waals surface area (Å²) in [6.07, 6.45) is 11.3. The second kappa shape index (κ2) is 4.79. The van der Waals surface area contributed by atoms with Gasteiger partial charge in [0.2, 0.25) is 0 Å². The van der Waals surface area contributed by atoms with E-state index in [0.29, 0.717) is 17.1 Å². The second-order valence-corrected chi connectivity index (χ2v) is 7.32. The summed E-state index contributed by atoms with van der Waals surface area (Å²) < 4.78 is 6.34. The minimum atomic E-state index is 0.307. The lowest BCUT2D eigenvalue weighted by molar-refractivity contribution is -0.0354. The molecule has 104 valence electrons. The van der Waals surface area contributed by atoms with Crippen LogP contribution < -0.4 is 5.32 Å². The summed E-state index contributed by atoms with van der Waals surface area (Å²) in [5, 5.41) is 3.69. The fraction of sp³-hybridized carbons (Fsp3) is 1.00. The van der Waals surface area contributed by atoms with Crippen molar-refractivity contribution in [1.82, 2.24) is 5.32 Å². The largest absolute Gasteiger partial charge is 0.370 e. The minimum absolute atomic E-state index is 0.307. The third-order valence-electron chi connectivity index (χ3n) is 5.82. The number of ether oxygens (including phenoxy) is 1. The van der Waals surface area contributed by atoms with E-state index in [1.54, 1.807) is 0 Å². The van der Waals surface area contributed by atoms with Crippen LogP contribution in [-0.4, -0.2) is 24.8 Å². The van der Waals surface area contributed by atoms with Crippen LogP contribution in [-0.2, 0) is 4.74 Å². The van der Waals surface area contributed by atoms with Gasteiger partial charge in [-0.25, -0.2) is 0 Å². The molecule has 1 heterocycles. The monoisotopic (exact) mass is 251 g/mol. The van der Waals surface area contributed by atoms with Crippen molar-refractivity contribution >= 4 is 0 Å². The van der Waals surface area contributed by atoms with Gasteiger partial charge < -0.3 is 10.1 Å². The highest BCUT2D eigenvalue weighted by Crippen LogP contribution is 2.51. The predicted octanol–water partition coefficient (Wildman–Crippen LogP) is 3.50. The standard InChI is InChI=1S/C16H29NO/c1-13(2)15(9-10-15)12-17-11-14-5-8-16(18-14)6-3-4-7-16/h13-14,17H,3-12H2,1-2H3. The van der Waals surface area contributed by atoms with Crippen molar-refractivity contribution in [3.63, 3.8) is 0 Å². The first kappa shape index (κ1) is 12.9. The molecule has 2 heteroatoms. The van der Waals surface area contributed by atoms with Crippen LogP contribution in [0.4, 0.5) is 0 Å². The highest BCUT2D eigenvalue weighted by atomic mass is 16.5. The van der Waals surface area contributed by atoms with Crippen molar-refractivity contribution in [2.75, 3.05) is 13.1 Å². The van der Waals surface area contributed by atoms with Gasteiger partial charge in [0.05, 0.1) is 11.7 Å². The van der Waals surface area contributed by atoms with Crippen LogP contribution in [0, 0.1) is 11.3 Å². The third kappa shape index (κ3) is 2.46. The summed E-state index contributed by atoms with van der Waals surface area (Å²) in [5.41, 5.74) is 0.936. The first-order valence-electron chi connectivity index (χ1n) is 8.03. The van der Waals surface area contributed by atoms with Crippen molar-refractivity contribution < 1.29 is 4.74 Å². The molecule has 0 amide bonds. The Bertz CT molecular complexity index is 289. The summed E-state index contributed by atoms with van der Waals surface area (Å²) in [4.78, 5) is 0. The molecule has 1 N–H and O–H groups in total. The molecule has 3 aliphatic rings. The fourth-order valence-electron chi connectivity index (χ4n) is 4.03. The molecule has 1 atom stereocenters. The molecule has 0 aromatic heterocycles. The van der Waals surface area contributed by atoms with Crippen molar-refractivity contribution in [2.24, 2.45) is 11.3 Å². The molecule has 1 saturated heterocycles. The Morgan fingerprint density at radius 3 is 2.44 bits per heavy atom. The first-order valence-corrected chi connectivity index (χ1v) is 8.03. The van der Waals surface area contributed by atoms with E-state index in [9.17, 15) is 0 Å². The van der Waals surface area contributed by atoms with Crippen LogP contribution >= 0.6 is 0 Å². The fourth-order valence-corrected chi connectivity index (χ4v) is 4.03. The van der Waals surface area contributed by atoms with E-state index in [1.807, 2.05) is 0 Å². The van der Waals surface area contributed by atoms with Gasteiger partial charge in [0.15, 0.2) is 0 Å². The Balaban J connectivity index is 1.40. The summed E-state index contributed by atoms with van der Waals surface area (Å²) in [6.45, 7) is 7.02. The molecule has 1 spiro atoms. The van der Waals surface area contributed by atoms with E-state index in [-0.39, 0.29) is 0 Å². The zero-order valence-electron chi connectivity index (χ0n) is 12.1. The van der Waals surface area contributed by atoms with Crippen LogP contribution in [0.3, 0.4) is 0 Å². The van der Waals surface area contributed by atoms with E-state index in [0.717, 1.165) is 12.5 Å². The molecule has 18 heavy (non-hydrogen) atoms. The van der Waals surface area contributed by atoms with Crippen molar-refractivity contribution in [3.05, 3.63) is 0 Å². The maximum Gasteiger partial charge on any atom is 0.0708 e. The first-order chi connectivity index (χ1) is 8.64. The Labute approximate surface area is 112 Å². The smallest absolute Gasteiger partial charge is 0.0708 e. The predicted molar refractivity (Wildman–Crippen MR) is 74.7 cm³/mol. The van der Waals surface area contributed by atoms with E-state index < -0.39 is 0 Å². The van der Waals surface area contributed by atoms with Gasteiger partial charge in [0, 0.05) is 13.1 Å². The van der Waals surface area contributed by atoms with E-state index in [2.05, 4.69) is 19.2 Å². The molecule has 2 nitrogen and oxygen atoms in total. The number of rotatable bonds is 5. The molecule has 0 bridgehead atoms. The van der Waals surface area contributed by atoms with Gasteiger partial charge in [0.25, 0.3) is 0 Å².